The van der Waals surface area contributed by atoms with Crippen molar-refractivity contribution in [1.29, 1.82) is 0 Å². The van der Waals surface area contributed by atoms with Gasteiger partial charge in [0.2, 0.25) is 0 Å². The van der Waals surface area contributed by atoms with Crippen LogP contribution in [0.3, 0.4) is 0 Å². The summed E-state index contributed by atoms with van der Waals surface area (Å²) in [4.78, 5) is 20.2. The molecule has 142 valence electrons. The van der Waals surface area contributed by atoms with Gasteiger partial charge in [0.1, 0.15) is 0 Å². The number of rotatable bonds is 3. The summed E-state index contributed by atoms with van der Waals surface area (Å²) in [6, 6.07) is 22.5. The van der Waals surface area contributed by atoms with Gasteiger partial charge in [-0.15, -0.1) is 11.3 Å². The predicted molar refractivity (Wildman–Crippen MR) is 121 cm³/mol. The molecule has 0 aliphatic rings. The highest BCUT2D eigenvalue weighted by atomic mass is 32.1. The minimum Gasteiger partial charge on any atom is -0.308 e. The third-order valence-electron chi connectivity index (χ3n) is 5.07. The molecule has 2 aromatic carbocycles. The molecule has 6 aromatic rings. The summed E-state index contributed by atoms with van der Waals surface area (Å²) in [6.45, 7) is 0. The standard InChI is InChI=1S/C24H15N5S/c1-2-8-16(9-3-1)29-18-11-5-4-10-17(18)19-20(29)22(24-27-14-7-15-28-24)30-21(19)23-25-12-6-13-26-23/h1-15H. The predicted octanol–water partition coefficient (Wildman–Crippen LogP) is 5.76. The first-order chi connectivity index (χ1) is 14.9. The van der Waals surface area contributed by atoms with Gasteiger partial charge in [0.25, 0.3) is 0 Å². The molecule has 0 spiro atoms. The second kappa shape index (κ2) is 6.86. The Morgan fingerprint density at radius 1 is 0.600 bits per heavy atom. The van der Waals surface area contributed by atoms with Crippen molar-refractivity contribution >= 4 is 33.1 Å². The van der Waals surface area contributed by atoms with E-state index in [1.165, 1.54) is 0 Å². The van der Waals surface area contributed by atoms with Crippen molar-refractivity contribution in [3.8, 4) is 27.1 Å². The number of hydrogen-bond acceptors (Lipinski definition) is 5. The van der Waals surface area contributed by atoms with Gasteiger partial charge in [-0.2, -0.15) is 0 Å². The third-order valence-corrected chi connectivity index (χ3v) is 6.24. The maximum absolute atomic E-state index is 4.56. The third kappa shape index (κ3) is 2.54. The second-order valence-corrected chi connectivity index (χ2v) is 7.84. The number of benzene rings is 2. The van der Waals surface area contributed by atoms with Crippen molar-refractivity contribution in [3.63, 3.8) is 0 Å². The summed E-state index contributed by atoms with van der Waals surface area (Å²) in [6.07, 6.45) is 7.12. The first-order valence-electron chi connectivity index (χ1n) is 9.58. The van der Waals surface area contributed by atoms with Crippen LogP contribution >= 0.6 is 11.3 Å². The van der Waals surface area contributed by atoms with Crippen LogP contribution in [0.5, 0.6) is 0 Å². The molecule has 6 heteroatoms. The lowest BCUT2D eigenvalue weighted by molar-refractivity contribution is 1.16. The van der Waals surface area contributed by atoms with Crippen molar-refractivity contribution in [2.24, 2.45) is 0 Å². The van der Waals surface area contributed by atoms with Gasteiger partial charge in [-0.05, 0) is 30.3 Å². The fraction of sp³-hybridized carbons (Fsp3) is 0. The van der Waals surface area contributed by atoms with Crippen LogP contribution in [0, 0.1) is 0 Å². The first-order valence-corrected chi connectivity index (χ1v) is 10.4. The molecule has 0 radical (unpaired) electrons. The van der Waals surface area contributed by atoms with Gasteiger partial charge < -0.3 is 4.57 Å². The van der Waals surface area contributed by atoms with E-state index in [0.717, 1.165) is 37.2 Å². The molecule has 0 aliphatic heterocycles. The van der Waals surface area contributed by atoms with Gasteiger partial charge >= 0.3 is 0 Å². The molecule has 6 rings (SSSR count). The van der Waals surface area contributed by atoms with E-state index in [1.54, 1.807) is 36.1 Å². The summed E-state index contributed by atoms with van der Waals surface area (Å²) in [7, 11) is 0. The Labute approximate surface area is 176 Å². The molecular weight excluding hydrogens is 390 g/mol. The zero-order chi connectivity index (χ0) is 19.9. The molecule has 0 atom stereocenters. The Kier molecular flexibility index (Phi) is 3.89. The molecule has 0 N–H and O–H groups in total. The molecule has 30 heavy (non-hydrogen) atoms. The number of para-hydroxylation sites is 2. The smallest absolute Gasteiger partial charge is 0.171 e. The molecule has 4 heterocycles. The maximum atomic E-state index is 4.56. The highest BCUT2D eigenvalue weighted by Crippen LogP contribution is 2.47. The van der Waals surface area contributed by atoms with Crippen LogP contribution < -0.4 is 0 Å². The van der Waals surface area contributed by atoms with E-state index in [0.29, 0.717) is 11.6 Å². The van der Waals surface area contributed by atoms with Gasteiger partial charge in [-0.1, -0.05) is 36.4 Å². The average molecular weight is 405 g/mol. The quantitative estimate of drug-likeness (QED) is 0.376. The summed E-state index contributed by atoms with van der Waals surface area (Å²) in [5.74, 6) is 1.42. The lowest BCUT2D eigenvalue weighted by Crippen LogP contribution is -1.94. The van der Waals surface area contributed by atoms with E-state index in [9.17, 15) is 0 Å². The fourth-order valence-corrected chi connectivity index (χ4v) is 5.07. The molecular formula is C24H15N5S. The zero-order valence-electron chi connectivity index (χ0n) is 15.8. The molecule has 4 aromatic heterocycles. The Morgan fingerprint density at radius 2 is 1.20 bits per heavy atom. The van der Waals surface area contributed by atoms with Crippen molar-refractivity contribution in [2.45, 2.75) is 0 Å². The van der Waals surface area contributed by atoms with Gasteiger partial charge in [0.15, 0.2) is 11.6 Å². The Hall–Kier alpha value is -3.90. The second-order valence-electron chi connectivity index (χ2n) is 6.82. The highest BCUT2D eigenvalue weighted by molar-refractivity contribution is 7.21. The van der Waals surface area contributed by atoms with Crippen LogP contribution in [0.4, 0.5) is 0 Å². The minimum atomic E-state index is 0.703. The summed E-state index contributed by atoms with van der Waals surface area (Å²) >= 11 is 1.64. The molecule has 0 bridgehead atoms. The van der Waals surface area contributed by atoms with Crippen LogP contribution in [-0.4, -0.2) is 24.5 Å². The molecule has 0 saturated carbocycles. The zero-order valence-corrected chi connectivity index (χ0v) is 16.6. The summed E-state index contributed by atoms with van der Waals surface area (Å²) in [5.41, 5.74) is 3.32. The SMILES string of the molecule is c1ccc(-n2c3ccccc3c3c(-c4ncccn4)sc(-c4ncccn4)c32)cc1. The van der Waals surface area contributed by atoms with E-state index in [4.69, 9.17) is 0 Å². The number of fused-ring (bicyclic) bond motifs is 3. The first kappa shape index (κ1) is 17.0. The Morgan fingerprint density at radius 3 is 1.90 bits per heavy atom. The monoisotopic (exact) mass is 405 g/mol. The lowest BCUT2D eigenvalue weighted by atomic mass is 10.1. The van der Waals surface area contributed by atoms with Gasteiger partial charge in [0, 0.05) is 41.2 Å². The Bertz CT molecular complexity index is 1470. The van der Waals surface area contributed by atoms with Crippen molar-refractivity contribution in [3.05, 3.63) is 91.5 Å². The normalized spacial score (nSPS) is 11.3. The summed E-state index contributed by atoms with van der Waals surface area (Å²) < 4.78 is 2.29. The van der Waals surface area contributed by atoms with Gasteiger partial charge in [-0.3, -0.25) is 0 Å². The fourth-order valence-electron chi connectivity index (χ4n) is 3.87. The average Bonchev–Trinajstić information content (AvgIpc) is 3.37. The lowest BCUT2D eigenvalue weighted by Gasteiger charge is -2.08. The number of aromatic nitrogens is 5. The van der Waals surface area contributed by atoms with Gasteiger partial charge in [-0.25, -0.2) is 19.9 Å². The number of nitrogens with zero attached hydrogens (tertiary/aromatic N) is 5. The van der Waals surface area contributed by atoms with Crippen LogP contribution in [0.2, 0.25) is 0 Å². The van der Waals surface area contributed by atoms with Crippen LogP contribution in [-0.2, 0) is 0 Å². The highest BCUT2D eigenvalue weighted by Gasteiger charge is 2.25. The molecule has 0 fully saturated rings. The van der Waals surface area contributed by atoms with Crippen LogP contribution in [0.1, 0.15) is 0 Å². The maximum Gasteiger partial charge on any atom is 0.171 e. The topological polar surface area (TPSA) is 56.5 Å². The number of hydrogen-bond donors (Lipinski definition) is 0. The molecule has 5 nitrogen and oxygen atoms in total. The summed E-state index contributed by atoms with van der Waals surface area (Å²) in [5, 5.41) is 2.30. The number of thiophene rings is 1. The van der Waals surface area contributed by atoms with E-state index < -0.39 is 0 Å². The molecule has 0 saturated heterocycles. The van der Waals surface area contributed by atoms with E-state index in [-0.39, 0.29) is 0 Å². The van der Waals surface area contributed by atoms with E-state index in [2.05, 4.69) is 73.0 Å². The van der Waals surface area contributed by atoms with Crippen LogP contribution in [0.25, 0.3) is 48.9 Å². The van der Waals surface area contributed by atoms with E-state index >= 15 is 0 Å². The van der Waals surface area contributed by atoms with E-state index in [1.807, 2.05) is 18.2 Å². The van der Waals surface area contributed by atoms with Gasteiger partial charge in [0.05, 0.1) is 20.8 Å². The van der Waals surface area contributed by atoms with Crippen molar-refractivity contribution in [2.75, 3.05) is 0 Å². The largest absolute Gasteiger partial charge is 0.308 e. The molecule has 0 amide bonds. The molecule has 0 unspecified atom stereocenters. The minimum absolute atomic E-state index is 0.703. The van der Waals surface area contributed by atoms with Crippen molar-refractivity contribution in [1.82, 2.24) is 24.5 Å². The van der Waals surface area contributed by atoms with Crippen LogP contribution in [0.15, 0.2) is 91.5 Å². The Balaban J connectivity index is 1.83. The molecule has 0 aliphatic carbocycles. The van der Waals surface area contributed by atoms with Crippen molar-refractivity contribution < 1.29 is 0 Å².